The molecule has 2 atom stereocenters. The van der Waals surface area contributed by atoms with Crippen molar-refractivity contribution in [3.05, 3.63) is 48.5 Å². The molecule has 0 radical (unpaired) electrons. The molecule has 0 aliphatic carbocycles. The summed E-state index contributed by atoms with van der Waals surface area (Å²) in [6.07, 6.45) is 10.3. The Kier molecular flexibility index (Phi) is 4.40. The van der Waals surface area contributed by atoms with Gasteiger partial charge in [-0.1, -0.05) is 6.07 Å². The van der Waals surface area contributed by atoms with E-state index in [2.05, 4.69) is 25.9 Å². The van der Waals surface area contributed by atoms with Crippen molar-refractivity contribution in [2.24, 2.45) is 0 Å². The van der Waals surface area contributed by atoms with E-state index in [4.69, 9.17) is 9.47 Å². The molecular weight excluding hydrogens is 304 g/mol. The average molecular weight is 326 g/mol. The second kappa shape index (κ2) is 6.83. The lowest BCUT2D eigenvalue weighted by Crippen LogP contribution is -2.47. The molecule has 2 fully saturated rings. The van der Waals surface area contributed by atoms with Gasteiger partial charge in [-0.3, -0.25) is 9.88 Å². The van der Waals surface area contributed by atoms with Gasteiger partial charge >= 0.3 is 6.01 Å². The number of aromatic nitrogens is 3. The van der Waals surface area contributed by atoms with Crippen molar-refractivity contribution in [3.8, 4) is 6.01 Å². The van der Waals surface area contributed by atoms with Crippen molar-refractivity contribution in [1.82, 2.24) is 19.9 Å². The van der Waals surface area contributed by atoms with Gasteiger partial charge in [0.1, 0.15) is 6.10 Å². The molecule has 2 aromatic rings. The van der Waals surface area contributed by atoms with Crippen LogP contribution in [0.25, 0.3) is 0 Å². The summed E-state index contributed by atoms with van der Waals surface area (Å²) >= 11 is 0. The summed E-state index contributed by atoms with van der Waals surface area (Å²) < 4.78 is 12.1. The first-order valence-electron chi connectivity index (χ1n) is 8.50. The van der Waals surface area contributed by atoms with Crippen LogP contribution in [0.15, 0.2) is 43.0 Å². The third-order valence-corrected chi connectivity index (χ3v) is 4.74. The second-order valence-corrected chi connectivity index (χ2v) is 6.64. The molecule has 0 saturated carbocycles. The van der Waals surface area contributed by atoms with E-state index >= 15 is 0 Å². The Morgan fingerprint density at radius 1 is 1.25 bits per heavy atom. The number of rotatable bonds is 4. The highest BCUT2D eigenvalue weighted by atomic mass is 16.6. The predicted molar refractivity (Wildman–Crippen MR) is 88.5 cm³/mol. The van der Waals surface area contributed by atoms with Gasteiger partial charge in [-0.25, -0.2) is 9.97 Å². The molecule has 6 nitrogen and oxygen atoms in total. The fourth-order valence-corrected chi connectivity index (χ4v) is 3.73. The Morgan fingerprint density at radius 2 is 2.17 bits per heavy atom. The molecule has 4 heterocycles. The molecule has 2 saturated heterocycles. The Morgan fingerprint density at radius 3 is 3.00 bits per heavy atom. The largest absolute Gasteiger partial charge is 0.458 e. The van der Waals surface area contributed by atoms with E-state index in [0.29, 0.717) is 12.6 Å². The monoisotopic (exact) mass is 326 g/mol. The summed E-state index contributed by atoms with van der Waals surface area (Å²) in [7, 11) is 0. The second-order valence-electron chi connectivity index (χ2n) is 6.64. The van der Waals surface area contributed by atoms with Crippen molar-refractivity contribution in [3.63, 3.8) is 0 Å². The summed E-state index contributed by atoms with van der Waals surface area (Å²) in [5.41, 5.74) is 1.15. The highest BCUT2D eigenvalue weighted by molar-refractivity contribution is 5.09. The van der Waals surface area contributed by atoms with Crippen molar-refractivity contribution in [2.75, 3.05) is 19.7 Å². The standard InChI is InChI=1S/C18H22N4O2/c1-4-15(11-19-6-1)12-22-9-2-5-18(14-22)10-16(13-23-18)24-17-20-7-3-8-21-17/h1,3-4,6-8,11,16H,2,5,9-10,12-14H2/t16-,18+/m1/s1. The minimum absolute atomic E-state index is 0.0331. The van der Waals surface area contributed by atoms with Crippen LogP contribution in [-0.2, 0) is 11.3 Å². The van der Waals surface area contributed by atoms with Crippen LogP contribution in [-0.4, -0.2) is 51.3 Å². The van der Waals surface area contributed by atoms with Crippen molar-refractivity contribution < 1.29 is 9.47 Å². The first-order valence-corrected chi connectivity index (χ1v) is 8.50. The van der Waals surface area contributed by atoms with E-state index in [-0.39, 0.29) is 11.7 Å². The zero-order valence-electron chi connectivity index (χ0n) is 13.7. The number of piperidine rings is 1. The van der Waals surface area contributed by atoms with E-state index in [0.717, 1.165) is 38.9 Å². The maximum Gasteiger partial charge on any atom is 0.316 e. The zero-order valence-corrected chi connectivity index (χ0v) is 13.7. The molecule has 24 heavy (non-hydrogen) atoms. The molecule has 0 aromatic carbocycles. The van der Waals surface area contributed by atoms with Gasteiger partial charge in [0.2, 0.25) is 0 Å². The average Bonchev–Trinajstić information content (AvgIpc) is 2.98. The normalized spacial score (nSPS) is 27.4. The van der Waals surface area contributed by atoms with Gasteiger partial charge in [-0.15, -0.1) is 0 Å². The number of nitrogens with zero attached hydrogens (tertiary/aromatic N) is 4. The quantitative estimate of drug-likeness (QED) is 0.857. The summed E-state index contributed by atoms with van der Waals surface area (Å²) in [6, 6.07) is 6.34. The van der Waals surface area contributed by atoms with Gasteiger partial charge in [0.25, 0.3) is 0 Å². The van der Waals surface area contributed by atoms with Gasteiger partial charge in [-0.2, -0.15) is 0 Å². The van der Waals surface area contributed by atoms with Crippen LogP contribution in [0.3, 0.4) is 0 Å². The van der Waals surface area contributed by atoms with Crippen LogP contribution < -0.4 is 4.74 Å². The molecule has 126 valence electrons. The minimum atomic E-state index is -0.0973. The maximum absolute atomic E-state index is 6.20. The number of likely N-dealkylation sites (tertiary alicyclic amines) is 1. The predicted octanol–water partition coefficient (Wildman–Crippen LogP) is 2.07. The molecule has 0 unspecified atom stereocenters. The topological polar surface area (TPSA) is 60.4 Å². The van der Waals surface area contributed by atoms with Crippen LogP contribution in [0.4, 0.5) is 0 Å². The number of hydrogen-bond donors (Lipinski definition) is 0. The molecule has 1 spiro atoms. The molecule has 0 N–H and O–H groups in total. The van der Waals surface area contributed by atoms with Crippen molar-refractivity contribution in [1.29, 1.82) is 0 Å². The Hall–Kier alpha value is -2.05. The molecule has 0 amide bonds. The molecule has 6 heteroatoms. The van der Waals surface area contributed by atoms with Crippen molar-refractivity contribution in [2.45, 2.75) is 37.5 Å². The minimum Gasteiger partial charge on any atom is -0.458 e. The molecule has 4 rings (SSSR count). The summed E-state index contributed by atoms with van der Waals surface area (Å²) in [4.78, 5) is 14.9. The lowest BCUT2D eigenvalue weighted by atomic mass is 9.89. The summed E-state index contributed by atoms with van der Waals surface area (Å²) in [6.45, 7) is 3.58. The summed E-state index contributed by atoms with van der Waals surface area (Å²) in [5, 5.41) is 0. The third-order valence-electron chi connectivity index (χ3n) is 4.74. The molecule has 2 aliphatic rings. The molecule has 2 aromatic heterocycles. The zero-order chi connectivity index (χ0) is 16.2. The van der Waals surface area contributed by atoms with Crippen LogP contribution in [0, 0.1) is 0 Å². The maximum atomic E-state index is 6.20. The van der Waals surface area contributed by atoms with Crippen LogP contribution >= 0.6 is 0 Å². The Bertz CT molecular complexity index is 655. The van der Waals surface area contributed by atoms with Gasteiger partial charge < -0.3 is 9.47 Å². The lowest BCUT2D eigenvalue weighted by Gasteiger charge is -2.39. The SMILES string of the molecule is c1cnc(O[C@H]2CO[C@@]3(CCCN(Cc4cccnc4)C3)C2)nc1. The number of pyridine rings is 1. The van der Waals surface area contributed by atoms with E-state index in [9.17, 15) is 0 Å². The van der Waals surface area contributed by atoms with E-state index in [1.54, 1.807) is 18.5 Å². The molecule has 2 aliphatic heterocycles. The highest BCUT2D eigenvalue weighted by Crippen LogP contribution is 2.36. The van der Waals surface area contributed by atoms with Crippen LogP contribution in [0.1, 0.15) is 24.8 Å². The van der Waals surface area contributed by atoms with Gasteiger partial charge in [-0.05, 0) is 37.1 Å². The van der Waals surface area contributed by atoms with E-state index < -0.39 is 0 Å². The fourth-order valence-electron chi connectivity index (χ4n) is 3.73. The van der Waals surface area contributed by atoms with E-state index in [1.165, 1.54) is 5.56 Å². The van der Waals surface area contributed by atoms with Gasteiger partial charge in [0, 0.05) is 44.3 Å². The Balaban J connectivity index is 1.37. The van der Waals surface area contributed by atoms with Gasteiger partial charge in [0.15, 0.2) is 0 Å². The summed E-state index contributed by atoms with van der Waals surface area (Å²) in [5.74, 6) is 0. The first-order chi connectivity index (χ1) is 11.8. The molecular formula is C18H22N4O2. The van der Waals surface area contributed by atoms with Crippen LogP contribution in [0.2, 0.25) is 0 Å². The fraction of sp³-hybridized carbons (Fsp3) is 0.500. The highest BCUT2D eigenvalue weighted by Gasteiger charge is 2.44. The van der Waals surface area contributed by atoms with Gasteiger partial charge in [0.05, 0.1) is 12.2 Å². The number of hydrogen-bond acceptors (Lipinski definition) is 6. The lowest BCUT2D eigenvalue weighted by molar-refractivity contribution is -0.0538. The van der Waals surface area contributed by atoms with Crippen molar-refractivity contribution >= 4 is 0 Å². The number of ether oxygens (including phenoxy) is 2. The molecule has 0 bridgehead atoms. The third kappa shape index (κ3) is 3.55. The Labute approximate surface area is 141 Å². The van der Waals surface area contributed by atoms with Crippen LogP contribution in [0.5, 0.6) is 6.01 Å². The van der Waals surface area contributed by atoms with E-state index in [1.807, 2.05) is 18.5 Å². The smallest absolute Gasteiger partial charge is 0.316 e. The first kappa shape index (κ1) is 15.5.